The Balaban J connectivity index is 1.55. The van der Waals surface area contributed by atoms with Crippen LogP contribution in [0.5, 0.6) is 0 Å². The Morgan fingerprint density at radius 1 is 0.429 bits per heavy atom. The summed E-state index contributed by atoms with van der Waals surface area (Å²) in [5, 5.41) is 2.75. The van der Waals surface area contributed by atoms with Gasteiger partial charge in [0.15, 0.2) is 0 Å². The number of hydrogen-bond acceptors (Lipinski definition) is 2. The Morgan fingerprint density at radius 2 is 0.714 bits per heavy atom. The summed E-state index contributed by atoms with van der Waals surface area (Å²) in [6.07, 6.45) is 1.72. The van der Waals surface area contributed by atoms with Gasteiger partial charge in [0, 0.05) is 0 Å². The first-order chi connectivity index (χ1) is 27.3. The van der Waals surface area contributed by atoms with Gasteiger partial charge in [-0.1, -0.05) is 193 Å². The van der Waals surface area contributed by atoms with Gasteiger partial charge in [-0.3, -0.25) is 0 Å². The number of rotatable bonds is 13. The van der Waals surface area contributed by atoms with Crippen LogP contribution in [-0.4, -0.2) is 14.8 Å². The fraction of sp³-hybridized carbons (Fsp3) is 0.154. The molecular weight excluding hydrogens is 715 g/mol. The molecule has 0 saturated carbocycles. The van der Waals surface area contributed by atoms with E-state index in [9.17, 15) is 0 Å². The quantitative estimate of drug-likeness (QED) is 0.0860. The molecule has 0 aliphatic carbocycles. The van der Waals surface area contributed by atoms with Crippen molar-refractivity contribution in [2.45, 2.75) is 53.8 Å². The van der Waals surface area contributed by atoms with Crippen LogP contribution in [0, 0.1) is 41.5 Å². The van der Waals surface area contributed by atoms with Gasteiger partial charge in [0.25, 0.3) is 0 Å². The van der Waals surface area contributed by atoms with Crippen LogP contribution in [0.15, 0.2) is 180 Å². The van der Waals surface area contributed by atoms with E-state index in [1.54, 1.807) is 0 Å². The Kier molecular flexibility index (Phi) is 12.9. The SMILES string of the molecule is Cc1cc(C)c(P(/[C](=C/c2ccccc2)[Al]([O]C(c2ccccc2)c2ccccc2)[O]C(c2ccccc2)c2ccccc2)c2c(C)cc(C)cc2C)c(C)c1. The minimum Gasteiger partial charge on any atom is -0.465 e. The fourth-order valence-corrected chi connectivity index (χ4v) is 14.5. The minimum atomic E-state index is -2.93. The molecule has 0 saturated heterocycles. The van der Waals surface area contributed by atoms with Gasteiger partial charge in [-0.2, -0.15) is 0 Å². The van der Waals surface area contributed by atoms with E-state index in [1.165, 1.54) is 48.2 Å². The zero-order valence-corrected chi connectivity index (χ0v) is 35.4. The van der Waals surface area contributed by atoms with Crippen LogP contribution in [0.4, 0.5) is 0 Å². The summed E-state index contributed by atoms with van der Waals surface area (Å²) in [7, 11) is -1.15. The lowest BCUT2D eigenvalue weighted by atomic mass is 10.0. The Hall–Kier alpha value is -4.84. The molecule has 0 aromatic heterocycles. The van der Waals surface area contributed by atoms with Gasteiger partial charge in [0.05, 0.1) is 12.2 Å². The van der Waals surface area contributed by atoms with Gasteiger partial charge in [0.2, 0.25) is 0 Å². The molecule has 0 N–H and O–H groups in total. The van der Waals surface area contributed by atoms with Crippen LogP contribution in [0.2, 0.25) is 0 Å². The first-order valence-corrected chi connectivity index (χ1v) is 22.4. The van der Waals surface area contributed by atoms with E-state index in [1.807, 2.05) is 0 Å². The molecule has 2 nitrogen and oxygen atoms in total. The largest absolute Gasteiger partial charge is 0.720 e. The van der Waals surface area contributed by atoms with Crippen molar-refractivity contribution in [3.05, 3.63) is 241 Å². The zero-order valence-electron chi connectivity index (χ0n) is 33.3. The average Bonchev–Trinajstić information content (AvgIpc) is 3.21. The molecular formula is C52H50AlO2P. The topological polar surface area (TPSA) is 18.5 Å². The molecule has 7 rings (SSSR count). The summed E-state index contributed by atoms with van der Waals surface area (Å²) in [5.41, 5.74) is 13.3. The van der Waals surface area contributed by atoms with Gasteiger partial charge < -0.3 is 7.58 Å². The molecule has 56 heavy (non-hydrogen) atoms. The van der Waals surface area contributed by atoms with Gasteiger partial charge in [-0.25, -0.2) is 0 Å². The third kappa shape index (κ3) is 9.23. The second-order valence-electron chi connectivity index (χ2n) is 14.8. The molecule has 0 aliphatic rings. The Bertz CT molecular complexity index is 2110. The lowest BCUT2D eigenvalue weighted by molar-refractivity contribution is 0.140. The maximum Gasteiger partial charge on any atom is 0.720 e. The summed E-state index contributed by atoms with van der Waals surface area (Å²) in [6, 6.07) is 62.7. The van der Waals surface area contributed by atoms with Crippen molar-refractivity contribution in [1.29, 1.82) is 0 Å². The van der Waals surface area contributed by atoms with Crippen molar-refractivity contribution >= 4 is 39.4 Å². The smallest absolute Gasteiger partial charge is 0.465 e. The van der Waals surface area contributed by atoms with Gasteiger partial charge >= 0.3 is 14.8 Å². The van der Waals surface area contributed by atoms with Gasteiger partial charge in [-0.05, 0) is 114 Å². The van der Waals surface area contributed by atoms with Crippen molar-refractivity contribution in [3.8, 4) is 0 Å². The van der Waals surface area contributed by atoms with Crippen molar-refractivity contribution in [1.82, 2.24) is 0 Å². The number of hydrogen-bond donors (Lipinski definition) is 0. The van der Waals surface area contributed by atoms with Crippen LogP contribution < -0.4 is 10.6 Å². The highest BCUT2D eigenvalue weighted by atomic mass is 31.1. The van der Waals surface area contributed by atoms with Crippen LogP contribution in [-0.2, 0) is 7.58 Å². The third-order valence-electron chi connectivity index (χ3n) is 10.3. The van der Waals surface area contributed by atoms with E-state index in [0.29, 0.717) is 0 Å². The van der Waals surface area contributed by atoms with E-state index >= 15 is 0 Å². The number of benzene rings is 7. The highest BCUT2D eigenvalue weighted by Crippen LogP contribution is 2.51. The molecule has 0 aliphatic heterocycles. The fourth-order valence-electron chi connectivity index (χ4n) is 8.01. The molecule has 0 amide bonds. The van der Waals surface area contributed by atoms with Crippen LogP contribution >= 0.6 is 7.92 Å². The van der Waals surface area contributed by atoms with E-state index in [-0.39, 0.29) is 12.2 Å². The summed E-state index contributed by atoms with van der Waals surface area (Å²) in [6.45, 7) is 13.6. The van der Waals surface area contributed by atoms with Crippen LogP contribution in [0.1, 0.15) is 73.4 Å². The highest BCUT2D eigenvalue weighted by Gasteiger charge is 2.44. The molecule has 7 aromatic rings. The Labute approximate surface area is 340 Å². The van der Waals surface area contributed by atoms with Crippen molar-refractivity contribution in [2.75, 3.05) is 0 Å². The molecule has 0 fully saturated rings. The van der Waals surface area contributed by atoms with Crippen LogP contribution in [0.3, 0.4) is 0 Å². The van der Waals surface area contributed by atoms with Crippen molar-refractivity contribution in [3.63, 3.8) is 0 Å². The highest BCUT2D eigenvalue weighted by molar-refractivity contribution is 7.79. The summed E-state index contributed by atoms with van der Waals surface area (Å²) < 4.78 is 16.9. The predicted octanol–water partition coefficient (Wildman–Crippen LogP) is 12.7. The minimum absolute atomic E-state index is 0.349. The van der Waals surface area contributed by atoms with E-state index in [0.717, 1.165) is 27.8 Å². The van der Waals surface area contributed by atoms with E-state index in [2.05, 4.69) is 224 Å². The predicted molar refractivity (Wildman–Crippen MR) is 239 cm³/mol. The lowest BCUT2D eigenvalue weighted by Gasteiger charge is -2.34. The maximum atomic E-state index is 7.83. The molecule has 4 heteroatoms. The Morgan fingerprint density at radius 3 is 1.02 bits per heavy atom. The van der Waals surface area contributed by atoms with Crippen molar-refractivity contribution in [2.24, 2.45) is 0 Å². The molecule has 0 heterocycles. The second kappa shape index (κ2) is 18.4. The molecule has 0 atom stereocenters. The molecule has 0 bridgehead atoms. The molecule has 278 valence electrons. The molecule has 0 unspecified atom stereocenters. The molecule has 0 radical (unpaired) electrons. The maximum absolute atomic E-state index is 7.83. The monoisotopic (exact) mass is 764 g/mol. The van der Waals surface area contributed by atoms with E-state index < -0.39 is 22.7 Å². The van der Waals surface area contributed by atoms with Gasteiger partial charge in [0.1, 0.15) is 0 Å². The second-order valence-corrected chi connectivity index (χ2v) is 19.2. The summed E-state index contributed by atoms with van der Waals surface area (Å²) in [4.78, 5) is 0. The standard InChI is InChI=1S/C26H28P.2C13H11O.Al/c1-18-14-20(3)25(21(4)15-18)27(13-12-24-10-8-7-9-11-24)26-22(5)16-19(2)17-23(26)6;2*14-13(11-7-3-1-4-8-11)12-9-5-2-6-10-12;/h7-12,14-17H,1-6H3;2*1-10,13H;/q;2*-1;+2. The summed E-state index contributed by atoms with van der Waals surface area (Å²) >= 11 is -2.93. The van der Waals surface area contributed by atoms with Crippen molar-refractivity contribution < 1.29 is 7.58 Å². The molecule has 7 aromatic carbocycles. The average molecular weight is 765 g/mol. The van der Waals surface area contributed by atoms with E-state index in [4.69, 9.17) is 7.58 Å². The molecule has 0 spiro atoms. The lowest BCUT2D eigenvalue weighted by Crippen LogP contribution is -2.34. The summed E-state index contributed by atoms with van der Waals surface area (Å²) in [5.74, 6) is 0. The first-order valence-electron chi connectivity index (χ1n) is 19.5. The first kappa shape index (κ1) is 39.4. The van der Waals surface area contributed by atoms with Gasteiger partial charge in [-0.15, -0.1) is 0 Å². The number of aryl methyl sites for hydroxylation is 6. The normalized spacial score (nSPS) is 11.8. The van der Waals surface area contributed by atoms with Crippen LogP contribution in [0.25, 0.3) is 6.08 Å². The zero-order chi connectivity index (χ0) is 39.0. The third-order valence-corrected chi connectivity index (χ3v) is 16.3.